The molecule has 1 aromatic carbocycles. The Morgan fingerprint density at radius 3 is 2.43 bits per heavy atom. The van der Waals surface area contributed by atoms with E-state index in [9.17, 15) is 13.2 Å². The zero-order chi connectivity index (χ0) is 15.5. The summed E-state index contributed by atoms with van der Waals surface area (Å²) in [6, 6.07) is 8.87. The lowest BCUT2D eigenvalue weighted by atomic mass is 10.2. The second-order valence-corrected chi connectivity index (χ2v) is 5.73. The number of nitrogens with two attached hydrogens (primary N) is 1. The standard InChI is InChI=1S/C13H14N4O3S/c1-15-12-11(3-2-8-16-12)13(18)17-9-4-6-10(7-5-9)21(14,19)20/h2-8H,1H3,(H,15,16)(H,17,18)(H2,14,19,20). The average Bonchev–Trinajstić information content (AvgIpc) is 2.46. The van der Waals surface area contributed by atoms with E-state index in [4.69, 9.17) is 5.14 Å². The van der Waals surface area contributed by atoms with Crippen LogP contribution in [0.3, 0.4) is 0 Å². The van der Waals surface area contributed by atoms with Crippen LogP contribution in [0.25, 0.3) is 0 Å². The number of carbonyl (C=O) groups excluding carboxylic acids is 1. The number of benzene rings is 1. The lowest BCUT2D eigenvalue weighted by Gasteiger charge is -2.09. The number of aromatic nitrogens is 1. The van der Waals surface area contributed by atoms with Crippen LogP contribution in [0.1, 0.15) is 10.4 Å². The van der Waals surface area contributed by atoms with Gasteiger partial charge in [0.15, 0.2) is 0 Å². The Morgan fingerprint density at radius 2 is 1.86 bits per heavy atom. The van der Waals surface area contributed by atoms with Gasteiger partial charge in [0.2, 0.25) is 10.0 Å². The van der Waals surface area contributed by atoms with Crippen LogP contribution < -0.4 is 15.8 Å². The minimum atomic E-state index is -3.74. The van der Waals surface area contributed by atoms with Crippen molar-refractivity contribution in [2.24, 2.45) is 5.14 Å². The topological polar surface area (TPSA) is 114 Å². The first-order chi connectivity index (χ1) is 9.91. The summed E-state index contributed by atoms with van der Waals surface area (Å²) in [5.74, 6) is 0.104. The minimum Gasteiger partial charge on any atom is -0.372 e. The Morgan fingerprint density at radius 1 is 1.19 bits per heavy atom. The molecule has 0 fully saturated rings. The van der Waals surface area contributed by atoms with Crippen molar-refractivity contribution in [3.63, 3.8) is 0 Å². The first kappa shape index (κ1) is 14.9. The summed E-state index contributed by atoms with van der Waals surface area (Å²) in [7, 11) is -2.08. The molecule has 2 rings (SSSR count). The molecule has 4 N–H and O–H groups in total. The van der Waals surface area contributed by atoms with Gasteiger partial charge in [0.25, 0.3) is 5.91 Å². The van der Waals surface area contributed by atoms with E-state index in [1.807, 2.05) is 0 Å². The predicted molar refractivity (Wildman–Crippen MR) is 79.6 cm³/mol. The number of pyridine rings is 1. The van der Waals surface area contributed by atoms with Gasteiger partial charge in [-0.3, -0.25) is 4.79 Å². The summed E-state index contributed by atoms with van der Waals surface area (Å²) in [6.45, 7) is 0. The van der Waals surface area contributed by atoms with Crippen LogP contribution in [0.4, 0.5) is 11.5 Å². The normalized spacial score (nSPS) is 11.0. The molecule has 110 valence electrons. The van der Waals surface area contributed by atoms with Gasteiger partial charge in [0, 0.05) is 18.9 Å². The molecule has 8 heteroatoms. The lowest BCUT2D eigenvalue weighted by Crippen LogP contribution is -2.15. The predicted octanol–water partition coefficient (Wildman–Crippen LogP) is 1.02. The zero-order valence-corrected chi connectivity index (χ0v) is 12.0. The van der Waals surface area contributed by atoms with Gasteiger partial charge in [-0.25, -0.2) is 18.5 Å². The van der Waals surface area contributed by atoms with E-state index < -0.39 is 10.0 Å². The first-order valence-corrected chi connectivity index (χ1v) is 7.53. The summed E-state index contributed by atoms with van der Waals surface area (Å²) in [6.07, 6.45) is 1.57. The van der Waals surface area contributed by atoms with Crippen molar-refractivity contribution in [1.29, 1.82) is 0 Å². The Balaban J connectivity index is 2.20. The maximum Gasteiger partial charge on any atom is 0.259 e. The van der Waals surface area contributed by atoms with Crippen molar-refractivity contribution in [3.05, 3.63) is 48.2 Å². The number of amides is 1. The molecule has 1 aromatic heterocycles. The highest BCUT2D eigenvalue weighted by Crippen LogP contribution is 2.16. The Hall–Kier alpha value is -2.45. The molecule has 0 atom stereocenters. The Labute approximate surface area is 122 Å². The fourth-order valence-electron chi connectivity index (χ4n) is 1.71. The molecule has 0 saturated heterocycles. The van der Waals surface area contributed by atoms with Crippen molar-refractivity contribution < 1.29 is 13.2 Å². The number of rotatable bonds is 4. The van der Waals surface area contributed by atoms with E-state index in [-0.39, 0.29) is 10.8 Å². The molecule has 0 saturated carbocycles. The van der Waals surface area contributed by atoms with Crippen molar-refractivity contribution in [2.45, 2.75) is 4.90 Å². The average molecular weight is 306 g/mol. The van der Waals surface area contributed by atoms with Gasteiger partial charge < -0.3 is 10.6 Å². The van der Waals surface area contributed by atoms with Gasteiger partial charge in [0.05, 0.1) is 10.5 Å². The number of hydrogen-bond acceptors (Lipinski definition) is 5. The smallest absolute Gasteiger partial charge is 0.259 e. The summed E-state index contributed by atoms with van der Waals surface area (Å²) < 4.78 is 22.3. The summed E-state index contributed by atoms with van der Waals surface area (Å²) in [5, 5.41) is 10.5. The molecular formula is C13H14N4O3S. The third-order valence-corrected chi connectivity index (χ3v) is 3.66. The molecule has 7 nitrogen and oxygen atoms in total. The molecule has 0 unspecified atom stereocenters. The van der Waals surface area contributed by atoms with Crippen LogP contribution in [0.15, 0.2) is 47.5 Å². The monoisotopic (exact) mass is 306 g/mol. The molecule has 0 radical (unpaired) electrons. The van der Waals surface area contributed by atoms with E-state index in [2.05, 4.69) is 15.6 Å². The van der Waals surface area contributed by atoms with E-state index in [0.717, 1.165) is 0 Å². The van der Waals surface area contributed by atoms with Crippen molar-refractivity contribution >= 4 is 27.4 Å². The number of nitrogens with zero attached hydrogens (tertiary/aromatic N) is 1. The highest BCUT2D eigenvalue weighted by atomic mass is 32.2. The fourth-order valence-corrected chi connectivity index (χ4v) is 2.23. The van der Waals surface area contributed by atoms with Crippen LogP contribution >= 0.6 is 0 Å². The Kier molecular flexibility index (Phi) is 4.20. The van der Waals surface area contributed by atoms with Crippen LogP contribution in [0.2, 0.25) is 0 Å². The van der Waals surface area contributed by atoms with Crippen molar-refractivity contribution in [3.8, 4) is 0 Å². The van der Waals surface area contributed by atoms with E-state index >= 15 is 0 Å². The van der Waals surface area contributed by atoms with Gasteiger partial charge in [-0.05, 0) is 36.4 Å². The third-order valence-electron chi connectivity index (χ3n) is 2.73. The zero-order valence-electron chi connectivity index (χ0n) is 11.2. The van der Waals surface area contributed by atoms with Gasteiger partial charge in [-0.2, -0.15) is 0 Å². The van der Waals surface area contributed by atoms with Gasteiger partial charge in [-0.15, -0.1) is 0 Å². The molecule has 1 heterocycles. The highest BCUT2D eigenvalue weighted by molar-refractivity contribution is 7.89. The molecule has 0 aliphatic rings. The van der Waals surface area contributed by atoms with Crippen LogP contribution in [0.5, 0.6) is 0 Å². The largest absolute Gasteiger partial charge is 0.372 e. The van der Waals surface area contributed by atoms with Crippen LogP contribution in [-0.4, -0.2) is 26.4 Å². The molecule has 0 aliphatic heterocycles. The number of anilines is 2. The minimum absolute atomic E-state index is 0.0159. The second-order valence-electron chi connectivity index (χ2n) is 4.17. The quantitative estimate of drug-likeness (QED) is 0.780. The lowest BCUT2D eigenvalue weighted by molar-refractivity contribution is 0.102. The van der Waals surface area contributed by atoms with E-state index in [1.165, 1.54) is 24.3 Å². The number of carbonyl (C=O) groups is 1. The molecule has 0 bridgehead atoms. The van der Waals surface area contributed by atoms with Gasteiger partial charge >= 0.3 is 0 Å². The number of hydrogen-bond donors (Lipinski definition) is 3. The second kappa shape index (κ2) is 5.90. The van der Waals surface area contributed by atoms with Gasteiger partial charge in [0.1, 0.15) is 5.82 Å². The van der Waals surface area contributed by atoms with Crippen molar-refractivity contribution in [1.82, 2.24) is 4.98 Å². The van der Waals surface area contributed by atoms with E-state index in [0.29, 0.717) is 17.1 Å². The molecule has 1 amide bonds. The SMILES string of the molecule is CNc1ncccc1C(=O)Nc1ccc(S(N)(=O)=O)cc1. The first-order valence-electron chi connectivity index (χ1n) is 5.99. The van der Waals surface area contributed by atoms with Crippen molar-refractivity contribution in [2.75, 3.05) is 17.7 Å². The summed E-state index contributed by atoms with van der Waals surface area (Å²) in [5.41, 5.74) is 0.842. The number of nitrogens with one attached hydrogen (secondary N) is 2. The fraction of sp³-hybridized carbons (Fsp3) is 0.0769. The molecule has 21 heavy (non-hydrogen) atoms. The Bertz CT molecular complexity index is 757. The van der Waals surface area contributed by atoms with E-state index in [1.54, 1.807) is 25.4 Å². The maximum absolute atomic E-state index is 12.1. The molecule has 0 spiro atoms. The molecular weight excluding hydrogens is 292 g/mol. The summed E-state index contributed by atoms with van der Waals surface area (Å²) >= 11 is 0. The summed E-state index contributed by atoms with van der Waals surface area (Å²) in [4.78, 5) is 16.2. The highest BCUT2D eigenvalue weighted by Gasteiger charge is 2.12. The van der Waals surface area contributed by atoms with Crippen LogP contribution in [-0.2, 0) is 10.0 Å². The number of primary sulfonamides is 1. The maximum atomic E-state index is 12.1. The third kappa shape index (κ3) is 3.56. The molecule has 2 aromatic rings. The van der Waals surface area contributed by atoms with Gasteiger partial charge in [-0.1, -0.05) is 0 Å². The van der Waals surface area contributed by atoms with Crippen LogP contribution in [0, 0.1) is 0 Å². The molecule has 0 aliphatic carbocycles. The number of sulfonamides is 1.